The van der Waals surface area contributed by atoms with Crippen molar-refractivity contribution in [1.29, 1.82) is 0 Å². The largest absolute Gasteiger partial charge is 0.444 e. The minimum Gasteiger partial charge on any atom is -0.444 e. The van der Waals surface area contributed by atoms with Gasteiger partial charge in [-0.25, -0.2) is 4.79 Å². The minimum absolute atomic E-state index is 0.0325. The second-order valence-corrected chi connectivity index (χ2v) is 9.56. The molecule has 1 fully saturated rings. The van der Waals surface area contributed by atoms with Crippen LogP contribution in [0.25, 0.3) is 6.08 Å². The number of carbonyl (C=O) groups is 1. The summed E-state index contributed by atoms with van der Waals surface area (Å²) >= 11 is 0. The summed E-state index contributed by atoms with van der Waals surface area (Å²) in [4.78, 5) is 14.7. The summed E-state index contributed by atoms with van der Waals surface area (Å²) in [6, 6.07) is 6.50. The van der Waals surface area contributed by atoms with Crippen LogP contribution in [0.1, 0.15) is 83.0 Å². The van der Waals surface area contributed by atoms with Gasteiger partial charge in [0.2, 0.25) is 0 Å². The van der Waals surface area contributed by atoms with Crippen molar-refractivity contribution in [2.75, 3.05) is 6.54 Å². The zero-order chi connectivity index (χ0) is 20.5. The van der Waals surface area contributed by atoms with Gasteiger partial charge in [0.1, 0.15) is 5.60 Å². The zero-order valence-corrected chi connectivity index (χ0v) is 18.0. The molecule has 4 nitrogen and oxygen atoms in total. The van der Waals surface area contributed by atoms with Crippen LogP contribution in [-0.2, 0) is 11.2 Å². The van der Waals surface area contributed by atoms with E-state index in [1.165, 1.54) is 22.3 Å². The van der Waals surface area contributed by atoms with Crippen molar-refractivity contribution < 1.29 is 14.6 Å². The summed E-state index contributed by atoms with van der Waals surface area (Å²) in [5.41, 5.74) is 4.82. The van der Waals surface area contributed by atoms with Crippen molar-refractivity contribution in [3.63, 3.8) is 0 Å². The van der Waals surface area contributed by atoms with Crippen LogP contribution < -0.4 is 0 Å². The molecule has 0 aromatic heterocycles. The molecule has 1 amide bonds. The van der Waals surface area contributed by atoms with Gasteiger partial charge in [0.05, 0.1) is 12.1 Å². The number of nitrogens with zero attached hydrogens (tertiary/aromatic N) is 1. The Morgan fingerprint density at radius 3 is 2.50 bits per heavy atom. The smallest absolute Gasteiger partial charge is 0.410 e. The molecule has 0 bridgehead atoms. The molecule has 0 radical (unpaired) electrons. The maximum atomic E-state index is 12.8. The van der Waals surface area contributed by atoms with Crippen molar-refractivity contribution in [3.05, 3.63) is 40.5 Å². The predicted octanol–water partition coefficient (Wildman–Crippen LogP) is 5.50. The number of amides is 1. The highest BCUT2D eigenvalue weighted by atomic mass is 16.6. The van der Waals surface area contributed by atoms with Gasteiger partial charge in [-0.1, -0.05) is 43.7 Å². The van der Waals surface area contributed by atoms with Gasteiger partial charge in [-0.05, 0) is 75.5 Å². The number of hydrogen-bond acceptors (Lipinski definition) is 3. The highest BCUT2D eigenvalue weighted by molar-refractivity contribution is 5.70. The number of fused-ring (bicyclic) bond motifs is 1. The van der Waals surface area contributed by atoms with E-state index in [2.05, 4.69) is 38.1 Å². The lowest BCUT2D eigenvalue weighted by Crippen LogP contribution is -2.44. The molecular weight excluding hydrogens is 350 g/mol. The Labute approximate surface area is 169 Å². The third-order valence-corrected chi connectivity index (χ3v) is 5.72. The van der Waals surface area contributed by atoms with Gasteiger partial charge in [-0.15, -0.1) is 0 Å². The van der Waals surface area contributed by atoms with Gasteiger partial charge in [0, 0.05) is 6.54 Å². The average molecular weight is 386 g/mol. The van der Waals surface area contributed by atoms with Crippen LogP contribution in [0.3, 0.4) is 0 Å². The first-order chi connectivity index (χ1) is 13.2. The van der Waals surface area contributed by atoms with E-state index in [-0.39, 0.29) is 18.2 Å². The van der Waals surface area contributed by atoms with Crippen LogP contribution in [-0.4, -0.2) is 34.3 Å². The summed E-state index contributed by atoms with van der Waals surface area (Å²) in [5, 5.41) is 9.77. The first-order valence-corrected chi connectivity index (χ1v) is 10.6. The Morgan fingerprint density at radius 2 is 1.89 bits per heavy atom. The molecule has 1 aromatic rings. The van der Waals surface area contributed by atoms with Gasteiger partial charge in [0.15, 0.2) is 0 Å². The Bertz CT molecular complexity index is 735. The van der Waals surface area contributed by atoms with Gasteiger partial charge in [-0.3, -0.25) is 0 Å². The van der Waals surface area contributed by atoms with Gasteiger partial charge >= 0.3 is 6.09 Å². The normalized spacial score (nSPS) is 22.8. The maximum Gasteiger partial charge on any atom is 0.410 e. The molecule has 28 heavy (non-hydrogen) atoms. The van der Waals surface area contributed by atoms with Crippen molar-refractivity contribution in [2.24, 2.45) is 5.92 Å². The third-order valence-electron chi connectivity index (χ3n) is 5.72. The molecule has 1 N–H and O–H groups in total. The Morgan fingerprint density at radius 1 is 1.21 bits per heavy atom. The molecule has 2 aliphatic rings. The van der Waals surface area contributed by atoms with E-state index in [0.717, 1.165) is 32.1 Å². The van der Waals surface area contributed by atoms with Crippen LogP contribution >= 0.6 is 0 Å². The molecule has 4 heteroatoms. The standard InChI is InChI=1S/C24H35NO3/c1-16(2)22-21-8-6-7-18(15-17-9-11-19(26)12-10-17)20(21)13-14-25(22)23(27)28-24(3,4)5/h6-8,15-16,19,22,26H,9-14H2,1-5H3. The van der Waals surface area contributed by atoms with E-state index >= 15 is 0 Å². The Balaban J connectivity index is 1.91. The number of benzene rings is 1. The van der Waals surface area contributed by atoms with E-state index in [1.54, 1.807) is 0 Å². The fourth-order valence-electron chi connectivity index (χ4n) is 4.45. The van der Waals surface area contributed by atoms with Crippen molar-refractivity contribution in [2.45, 2.75) is 84.5 Å². The number of allylic oxidation sites excluding steroid dienone is 1. The second-order valence-electron chi connectivity index (χ2n) is 9.56. The summed E-state index contributed by atoms with van der Waals surface area (Å²) in [7, 11) is 0. The third kappa shape index (κ3) is 4.78. The molecule has 1 atom stereocenters. The average Bonchev–Trinajstić information content (AvgIpc) is 2.61. The lowest BCUT2D eigenvalue weighted by atomic mass is 9.83. The van der Waals surface area contributed by atoms with Crippen LogP contribution in [0.15, 0.2) is 23.8 Å². The van der Waals surface area contributed by atoms with Crippen molar-refractivity contribution in [3.8, 4) is 0 Å². The van der Waals surface area contributed by atoms with Crippen LogP contribution in [0.4, 0.5) is 4.79 Å². The van der Waals surface area contributed by atoms with Crippen molar-refractivity contribution in [1.82, 2.24) is 4.90 Å². The molecule has 3 rings (SSSR count). The van der Waals surface area contributed by atoms with Crippen LogP contribution in [0.5, 0.6) is 0 Å². The van der Waals surface area contributed by atoms with Gasteiger partial charge in [0.25, 0.3) is 0 Å². The van der Waals surface area contributed by atoms with Gasteiger partial charge < -0.3 is 14.7 Å². The van der Waals surface area contributed by atoms with Crippen LogP contribution in [0, 0.1) is 5.92 Å². The summed E-state index contributed by atoms with van der Waals surface area (Å²) in [5.74, 6) is 0.305. The molecular formula is C24H35NO3. The second kappa shape index (κ2) is 8.28. The number of aliphatic hydroxyl groups excluding tert-OH is 1. The summed E-state index contributed by atoms with van der Waals surface area (Å²) in [6.07, 6.45) is 6.48. The Kier molecular flexibility index (Phi) is 6.18. The molecule has 1 aliphatic carbocycles. The maximum absolute atomic E-state index is 12.8. The first kappa shape index (κ1) is 20.9. The van der Waals surface area contributed by atoms with E-state index in [4.69, 9.17) is 4.74 Å². The number of carbonyl (C=O) groups excluding carboxylic acids is 1. The highest BCUT2D eigenvalue weighted by Gasteiger charge is 2.36. The quantitative estimate of drug-likeness (QED) is 0.732. The summed E-state index contributed by atoms with van der Waals surface area (Å²) in [6.45, 7) is 10.8. The molecule has 1 saturated carbocycles. The number of ether oxygens (including phenoxy) is 1. The molecule has 1 unspecified atom stereocenters. The monoisotopic (exact) mass is 385 g/mol. The zero-order valence-electron chi connectivity index (χ0n) is 18.0. The molecule has 1 aliphatic heterocycles. The lowest BCUT2D eigenvalue weighted by molar-refractivity contribution is 0.00876. The molecule has 0 spiro atoms. The molecule has 1 aromatic carbocycles. The van der Waals surface area contributed by atoms with E-state index in [1.807, 2.05) is 25.7 Å². The molecule has 1 heterocycles. The molecule has 0 saturated heterocycles. The van der Waals surface area contributed by atoms with Crippen LogP contribution in [0.2, 0.25) is 0 Å². The molecule has 154 valence electrons. The number of rotatable bonds is 2. The fourth-order valence-corrected chi connectivity index (χ4v) is 4.45. The van der Waals surface area contributed by atoms with E-state index in [0.29, 0.717) is 12.5 Å². The predicted molar refractivity (Wildman–Crippen MR) is 113 cm³/mol. The van der Waals surface area contributed by atoms with E-state index < -0.39 is 5.60 Å². The summed E-state index contributed by atoms with van der Waals surface area (Å²) < 4.78 is 5.69. The topological polar surface area (TPSA) is 49.8 Å². The Hall–Kier alpha value is -1.81. The van der Waals surface area contributed by atoms with E-state index in [9.17, 15) is 9.90 Å². The number of aliphatic hydroxyl groups is 1. The highest BCUT2D eigenvalue weighted by Crippen LogP contribution is 2.38. The minimum atomic E-state index is -0.489. The number of hydrogen-bond donors (Lipinski definition) is 1. The fraction of sp³-hybridized carbons (Fsp3) is 0.625. The first-order valence-electron chi connectivity index (χ1n) is 10.6. The lowest BCUT2D eigenvalue weighted by Gasteiger charge is -2.40. The van der Waals surface area contributed by atoms with Gasteiger partial charge in [-0.2, -0.15) is 0 Å². The SMILES string of the molecule is CC(C)C1c2cccc(C=C3CCC(O)CC3)c2CCN1C(=O)OC(C)(C)C. The van der Waals surface area contributed by atoms with Crippen molar-refractivity contribution >= 4 is 12.2 Å².